The van der Waals surface area contributed by atoms with E-state index in [0.29, 0.717) is 12.5 Å². The molecule has 18 heavy (non-hydrogen) atoms. The van der Waals surface area contributed by atoms with Crippen molar-refractivity contribution in [2.45, 2.75) is 43.8 Å². The second-order valence-corrected chi connectivity index (χ2v) is 4.75. The molecule has 1 fully saturated rings. The number of rotatable bonds is 5. The van der Waals surface area contributed by atoms with E-state index in [9.17, 15) is 4.79 Å². The van der Waals surface area contributed by atoms with Crippen LogP contribution in [0.15, 0.2) is 31.4 Å². The quantitative estimate of drug-likeness (QED) is 0.763. The molecule has 3 unspecified atom stereocenters. The normalized spacial score (nSPS) is 24.7. The maximum Gasteiger partial charge on any atom is 0.237 e. The van der Waals surface area contributed by atoms with Gasteiger partial charge in [0.05, 0.1) is 18.4 Å². The molecule has 1 saturated carbocycles. The van der Waals surface area contributed by atoms with Gasteiger partial charge < -0.3 is 15.6 Å². The maximum absolute atomic E-state index is 11.9. The fourth-order valence-electron chi connectivity index (χ4n) is 2.51. The Hall–Kier alpha value is -1.62. The second kappa shape index (κ2) is 5.82. The number of nitrogens with two attached hydrogens (primary N) is 1. The zero-order valence-corrected chi connectivity index (χ0v) is 10.5. The van der Waals surface area contributed by atoms with Crippen LogP contribution < -0.4 is 11.1 Å². The average molecular weight is 248 g/mol. The van der Waals surface area contributed by atoms with Crippen LogP contribution in [0, 0.1) is 0 Å². The smallest absolute Gasteiger partial charge is 0.237 e. The van der Waals surface area contributed by atoms with Gasteiger partial charge in [-0.05, 0) is 25.7 Å². The van der Waals surface area contributed by atoms with Gasteiger partial charge in [0, 0.05) is 18.4 Å². The Bertz CT molecular complexity index is 401. The van der Waals surface area contributed by atoms with E-state index < -0.39 is 6.04 Å². The summed E-state index contributed by atoms with van der Waals surface area (Å²) in [5, 5.41) is 3.04. The summed E-state index contributed by atoms with van der Waals surface area (Å²) >= 11 is 0. The highest BCUT2D eigenvalue weighted by molar-refractivity contribution is 5.82. The Kier molecular flexibility index (Phi) is 4.15. The third-order valence-corrected chi connectivity index (χ3v) is 3.47. The van der Waals surface area contributed by atoms with Crippen LogP contribution in [0.3, 0.4) is 0 Å². The summed E-state index contributed by atoms with van der Waals surface area (Å²) in [5.74, 6) is -0.0908. The molecule has 0 spiro atoms. The Labute approximate surface area is 107 Å². The summed E-state index contributed by atoms with van der Waals surface area (Å²) in [6.45, 7) is 3.60. The zero-order valence-electron chi connectivity index (χ0n) is 10.5. The van der Waals surface area contributed by atoms with E-state index in [1.165, 1.54) is 0 Å². The van der Waals surface area contributed by atoms with E-state index in [0.717, 1.165) is 19.3 Å². The minimum Gasteiger partial charge on any atom is -0.350 e. The van der Waals surface area contributed by atoms with Crippen molar-refractivity contribution >= 4 is 5.91 Å². The van der Waals surface area contributed by atoms with E-state index in [-0.39, 0.29) is 11.9 Å². The van der Waals surface area contributed by atoms with Crippen LogP contribution in [0.4, 0.5) is 0 Å². The van der Waals surface area contributed by atoms with E-state index in [2.05, 4.69) is 21.4 Å². The molecule has 2 rings (SSSR count). The van der Waals surface area contributed by atoms with E-state index in [4.69, 9.17) is 5.73 Å². The molecule has 1 aromatic heterocycles. The predicted octanol–water partition coefficient (Wildman–Crippen LogP) is 0.996. The molecular formula is C13H20N4O. The van der Waals surface area contributed by atoms with Crippen molar-refractivity contribution in [3.05, 3.63) is 31.4 Å². The van der Waals surface area contributed by atoms with E-state index in [1.54, 1.807) is 18.6 Å². The Morgan fingerprint density at radius 2 is 2.50 bits per heavy atom. The Morgan fingerprint density at radius 3 is 3.17 bits per heavy atom. The van der Waals surface area contributed by atoms with Crippen molar-refractivity contribution in [2.24, 2.45) is 5.73 Å². The fraction of sp³-hybridized carbons (Fsp3) is 0.538. The molecule has 1 heterocycles. The number of carbonyl (C=O) groups is 1. The summed E-state index contributed by atoms with van der Waals surface area (Å²) in [6.07, 6.45) is 10.9. The molecule has 3 atom stereocenters. The lowest BCUT2D eigenvalue weighted by molar-refractivity contribution is -0.123. The molecule has 0 aromatic carbocycles. The molecular weight excluding hydrogens is 228 g/mol. The first-order valence-corrected chi connectivity index (χ1v) is 6.36. The third kappa shape index (κ3) is 2.79. The van der Waals surface area contributed by atoms with Crippen LogP contribution in [0.2, 0.25) is 0 Å². The molecule has 0 saturated heterocycles. The van der Waals surface area contributed by atoms with Crippen molar-refractivity contribution in [3.63, 3.8) is 0 Å². The summed E-state index contributed by atoms with van der Waals surface area (Å²) in [5.41, 5.74) is 5.77. The average Bonchev–Trinajstić information content (AvgIpc) is 2.98. The molecule has 5 nitrogen and oxygen atoms in total. The number of hydrogen-bond acceptors (Lipinski definition) is 3. The molecule has 98 valence electrons. The first-order chi connectivity index (χ1) is 8.72. The highest BCUT2D eigenvalue weighted by atomic mass is 16.2. The number of carbonyl (C=O) groups excluding carboxylic acids is 1. The third-order valence-electron chi connectivity index (χ3n) is 3.47. The van der Waals surface area contributed by atoms with Gasteiger partial charge in [-0.25, -0.2) is 4.98 Å². The lowest BCUT2D eigenvalue weighted by Crippen LogP contribution is -2.46. The van der Waals surface area contributed by atoms with Gasteiger partial charge in [-0.15, -0.1) is 6.58 Å². The second-order valence-electron chi connectivity index (χ2n) is 4.75. The van der Waals surface area contributed by atoms with Gasteiger partial charge in [0.15, 0.2) is 0 Å². The van der Waals surface area contributed by atoms with Crippen LogP contribution in [0.5, 0.6) is 0 Å². The van der Waals surface area contributed by atoms with Crippen molar-refractivity contribution in [1.82, 2.24) is 14.9 Å². The van der Waals surface area contributed by atoms with Gasteiger partial charge in [-0.1, -0.05) is 6.08 Å². The summed E-state index contributed by atoms with van der Waals surface area (Å²) in [7, 11) is 0. The van der Waals surface area contributed by atoms with Gasteiger partial charge in [-0.3, -0.25) is 4.79 Å². The molecule has 5 heteroatoms. The van der Waals surface area contributed by atoms with Crippen LogP contribution in [0.1, 0.15) is 31.7 Å². The lowest BCUT2D eigenvalue weighted by Gasteiger charge is -2.23. The fourth-order valence-corrected chi connectivity index (χ4v) is 2.51. The molecule has 3 N–H and O–H groups in total. The number of nitrogens with one attached hydrogen (secondary N) is 1. The Morgan fingerprint density at radius 1 is 1.67 bits per heavy atom. The van der Waals surface area contributed by atoms with Gasteiger partial charge in [-0.2, -0.15) is 0 Å². The molecule has 1 aromatic rings. The van der Waals surface area contributed by atoms with E-state index in [1.807, 2.05) is 6.20 Å². The summed E-state index contributed by atoms with van der Waals surface area (Å²) < 4.78 is 2.07. The van der Waals surface area contributed by atoms with Crippen LogP contribution in [-0.2, 0) is 4.79 Å². The predicted molar refractivity (Wildman–Crippen MR) is 69.8 cm³/mol. The first kappa shape index (κ1) is 12.8. The maximum atomic E-state index is 11.9. The van der Waals surface area contributed by atoms with Crippen molar-refractivity contribution < 1.29 is 4.79 Å². The summed E-state index contributed by atoms with van der Waals surface area (Å²) in [4.78, 5) is 16.0. The number of imidazole rings is 1. The topological polar surface area (TPSA) is 72.9 Å². The molecule has 0 radical (unpaired) electrons. The molecule has 1 aliphatic carbocycles. The molecule has 1 aliphatic rings. The van der Waals surface area contributed by atoms with E-state index >= 15 is 0 Å². The van der Waals surface area contributed by atoms with Gasteiger partial charge >= 0.3 is 0 Å². The monoisotopic (exact) mass is 248 g/mol. The van der Waals surface area contributed by atoms with Gasteiger partial charge in [0.25, 0.3) is 0 Å². The standard InChI is InChI=1S/C13H20N4O/c1-2-4-10(14)13(18)16-11-5-3-6-12(11)17-8-7-15-9-17/h2,7-12H,1,3-6,14H2,(H,16,18). The zero-order chi connectivity index (χ0) is 13.0. The van der Waals surface area contributed by atoms with Crippen molar-refractivity contribution in [1.29, 1.82) is 0 Å². The Balaban J connectivity index is 1.96. The minimum absolute atomic E-state index is 0.0908. The van der Waals surface area contributed by atoms with Crippen LogP contribution >= 0.6 is 0 Å². The van der Waals surface area contributed by atoms with Gasteiger partial charge in [0.2, 0.25) is 5.91 Å². The molecule has 1 amide bonds. The highest BCUT2D eigenvalue weighted by Crippen LogP contribution is 2.29. The highest BCUT2D eigenvalue weighted by Gasteiger charge is 2.30. The van der Waals surface area contributed by atoms with Crippen molar-refractivity contribution in [2.75, 3.05) is 0 Å². The number of nitrogens with zero attached hydrogens (tertiary/aromatic N) is 2. The SMILES string of the molecule is C=CCC(N)C(=O)NC1CCCC1n1ccnc1. The van der Waals surface area contributed by atoms with Crippen molar-refractivity contribution in [3.8, 4) is 0 Å². The van der Waals surface area contributed by atoms with Crippen LogP contribution in [-0.4, -0.2) is 27.5 Å². The number of aromatic nitrogens is 2. The first-order valence-electron chi connectivity index (χ1n) is 6.36. The molecule has 0 bridgehead atoms. The summed E-state index contributed by atoms with van der Waals surface area (Å²) in [6, 6.07) is -0.0403. The lowest BCUT2D eigenvalue weighted by atomic mass is 10.1. The number of hydrogen-bond donors (Lipinski definition) is 2. The largest absolute Gasteiger partial charge is 0.350 e. The van der Waals surface area contributed by atoms with Gasteiger partial charge in [0.1, 0.15) is 0 Å². The molecule has 0 aliphatic heterocycles. The van der Waals surface area contributed by atoms with Crippen LogP contribution in [0.25, 0.3) is 0 Å². The minimum atomic E-state index is -0.494. The number of amides is 1.